The third-order valence-corrected chi connectivity index (χ3v) is 9.58. The number of amides is 6. The highest BCUT2D eigenvalue weighted by Gasteiger charge is 2.34. The number of H-pyrrole nitrogens is 1. The lowest BCUT2D eigenvalue weighted by Crippen LogP contribution is -2.59. The van der Waals surface area contributed by atoms with Gasteiger partial charge in [0.1, 0.15) is 30.2 Å². The number of aromatic amines is 1. The normalized spacial score (nSPS) is 12.7. The van der Waals surface area contributed by atoms with Crippen LogP contribution in [0.15, 0.2) is 35.3 Å². The highest BCUT2D eigenvalue weighted by molar-refractivity contribution is 5.99. The lowest BCUT2D eigenvalue weighted by atomic mass is 10.1. The van der Waals surface area contributed by atoms with Gasteiger partial charge in [0, 0.05) is 37.2 Å². The summed E-state index contributed by atoms with van der Waals surface area (Å²) in [5.41, 5.74) is 11.6. The molecule has 0 aliphatic carbocycles. The summed E-state index contributed by atoms with van der Waals surface area (Å²) in [6.07, 6.45) is 2.01. The minimum atomic E-state index is -2.07. The minimum Gasteiger partial charge on any atom is -0.481 e. The van der Waals surface area contributed by atoms with Gasteiger partial charge in [-0.15, -0.1) is 12.3 Å². The van der Waals surface area contributed by atoms with Gasteiger partial charge in [0.25, 0.3) is 11.5 Å². The molecule has 0 aliphatic rings. The summed E-state index contributed by atoms with van der Waals surface area (Å²) >= 11 is 0. The van der Waals surface area contributed by atoms with E-state index in [4.69, 9.17) is 23.3 Å². The van der Waals surface area contributed by atoms with Gasteiger partial charge in [-0.05, 0) is 43.5 Å². The third-order valence-electron chi connectivity index (χ3n) is 9.58. The smallest absolute Gasteiger partial charge is 0.327 e. The third kappa shape index (κ3) is 19.4. The largest absolute Gasteiger partial charge is 0.481 e. The molecule has 0 saturated carbocycles. The highest BCUT2D eigenvalue weighted by Crippen LogP contribution is 2.12. The van der Waals surface area contributed by atoms with Crippen molar-refractivity contribution in [2.75, 3.05) is 24.1 Å². The first kappa shape index (κ1) is 55.9. The number of carboxylic acids is 4. The van der Waals surface area contributed by atoms with Crippen LogP contribution in [0.2, 0.25) is 0 Å². The van der Waals surface area contributed by atoms with Crippen molar-refractivity contribution in [3.8, 4) is 12.3 Å². The van der Waals surface area contributed by atoms with Crippen molar-refractivity contribution in [2.45, 2.75) is 88.1 Å². The molecule has 0 aliphatic heterocycles. The molecule has 71 heavy (non-hydrogen) atoms. The van der Waals surface area contributed by atoms with E-state index < -0.39 is 127 Å². The number of fused-ring (bicyclic) bond motifs is 1. The van der Waals surface area contributed by atoms with Gasteiger partial charge in [-0.3, -0.25) is 58.3 Å². The molecular formula is C41H51N15O15. The van der Waals surface area contributed by atoms with Crippen molar-refractivity contribution in [3.05, 3.63) is 52.1 Å². The van der Waals surface area contributed by atoms with Crippen molar-refractivity contribution in [1.82, 2.24) is 57.2 Å². The molecule has 0 fully saturated rings. The molecule has 5 atom stereocenters. The van der Waals surface area contributed by atoms with Crippen molar-refractivity contribution in [2.24, 2.45) is 5.73 Å². The zero-order valence-electron chi connectivity index (χ0n) is 37.4. The number of guanidine groups is 1. The molecule has 2 heterocycles. The molecule has 0 unspecified atom stereocenters. The average molecular weight is 994 g/mol. The topological polar surface area (TPSA) is 495 Å². The second-order valence-corrected chi connectivity index (χ2v) is 15.2. The fourth-order valence-electron chi connectivity index (χ4n) is 6.16. The first-order valence-corrected chi connectivity index (χ1v) is 21.1. The quantitative estimate of drug-likeness (QED) is 0.0135. The Hall–Kier alpha value is -9.43. The second-order valence-electron chi connectivity index (χ2n) is 15.2. The Morgan fingerprint density at radius 3 is 1.77 bits per heavy atom. The Labute approximate surface area is 400 Å². The number of hydrogen-bond donors (Lipinski definition) is 16. The molecule has 6 amide bonds. The highest BCUT2D eigenvalue weighted by atomic mass is 16.4. The van der Waals surface area contributed by atoms with Crippen molar-refractivity contribution in [3.63, 3.8) is 0 Å². The van der Waals surface area contributed by atoms with Gasteiger partial charge < -0.3 is 74.4 Å². The van der Waals surface area contributed by atoms with Crippen molar-refractivity contribution >= 4 is 88.1 Å². The molecule has 3 aromatic rings. The van der Waals surface area contributed by atoms with Crippen LogP contribution in [0.3, 0.4) is 0 Å². The standard InChI is InChI=1S/C41H51N15O15/c1-2-5-23(39(70)71)52-36(67)25(15-29(60)61)54-37(68)26(16-30(62)63)53-34(65)22(6-3-13-46-40(42)43)51-35(66)24(14-28(58)59)50-27(57)7-4-12-45-33(64)19-8-10-20(11-9-19)47-17-21-18-48-32-31(49-21)38(69)56-41(44)55-32/h1,8-11,18,22-26,47H,3-7,12-17H2,(H,45,64)(H,50,57)(H,51,66)(H,52,67)(H,53,65)(H,54,68)(H,58,59)(H,60,61)(H,62,63)(H,70,71)(H4,42,43,46)(H3,44,48,55,56,69)/t22-,23-,24-,25-,26-/m0/s1. The SMILES string of the molecule is C#CC[C@H](NC(=O)[C@H](CC(=O)O)NC(=O)[C@H](CC(=O)O)NC(=O)[C@H](CCCNC(=N)N)NC(=O)[C@H](CC(=O)O)NC(=O)CCCNC(=O)c1ccc(NCc2cnc3nc(N)[nH]c(=O)c3n2)cc1)C(=O)O. The minimum absolute atomic E-state index is 0.00390. The maximum atomic E-state index is 13.6. The zero-order chi connectivity index (χ0) is 52.8. The van der Waals surface area contributed by atoms with Gasteiger partial charge in [-0.25, -0.2) is 14.8 Å². The Morgan fingerprint density at radius 1 is 0.718 bits per heavy atom. The lowest BCUT2D eigenvalue weighted by molar-refractivity contribution is -0.145. The molecule has 2 aromatic heterocycles. The van der Waals surface area contributed by atoms with Gasteiger partial charge in [0.2, 0.25) is 35.5 Å². The monoisotopic (exact) mass is 993 g/mol. The molecule has 0 spiro atoms. The van der Waals surface area contributed by atoms with Gasteiger partial charge in [-0.2, -0.15) is 4.98 Å². The predicted molar refractivity (Wildman–Crippen MR) is 244 cm³/mol. The van der Waals surface area contributed by atoms with E-state index >= 15 is 0 Å². The number of nitrogens with one attached hydrogen (secondary N) is 10. The van der Waals surface area contributed by atoms with E-state index in [-0.39, 0.29) is 68.0 Å². The van der Waals surface area contributed by atoms with E-state index in [1.807, 2.05) is 16.6 Å². The molecule has 18 N–H and O–H groups in total. The number of anilines is 2. The Kier molecular flexibility index (Phi) is 21.6. The molecule has 30 heteroatoms. The molecule has 1 aromatic carbocycles. The number of nitrogens with zero attached hydrogens (tertiary/aromatic N) is 3. The van der Waals surface area contributed by atoms with Gasteiger partial charge in [0.05, 0.1) is 37.7 Å². The van der Waals surface area contributed by atoms with Crippen LogP contribution >= 0.6 is 0 Å². The number of nitrogens with two attached hydrogens (primary N) is 2. The van der Waals surface area contributed by atoms with Crippen molar-refractivity contribution < 1.29 is 68.4 Å². The van der Waals surface area contributed by atoms with E-state index in [0.717, 1.165) is 0 Å². The fraction of sp³-hybridized carbons (Fsp3) is 0.390. The molecular weight excluding hydrogens is 943 g/mol. The predicted octanol–water partition coefficient (Wildman–Crippen LogP) is -4.36. The van der Waals surface area contributed by atoms with Crippen LogP contribution < -0.4 is 59.6 Å². The number of terminal acetylenes is 1. The maximum absolute atomic E-state index is 13.6. The zero-order valence-corrected chi connectivity index (χ0v) is 37.4. The van der Waals surface area contributed by atoms with E-state index in [2.05, 4.69) is 51.8 Å². The van der Waals surface area contributed by atoms with Crippen LogP contribution in [-0.2, 0) is 49.7 Å². The van der Waals surface area contributed by atoms with E-state index in [1.54, 1.807) is 12.1 Å². The van der Waals surface area contributed by atoms with Crippen LogP contribution in [0, 0.1) is 17.8 Å². The summed E-state index contributed by atoms with van der Waals surface area (Å²) in [5, 5.41) is 63.8. The van der Waals surface area contributed by atoms with Gasteiger partial charge >= 0.3 is 23.9 Å². The number of nitrogen functional groups attached to an aromatic ring is 1. The number of aliphatic carboxylic acids is 4. The summed E-state index contributed by atoms with van der Waals surface area (Å²) in [6.45, 7) is 0.0638. The Bertz CT molecular complexity index is 2600. The van der Waals surface area contributed by atoms with Crippen LogP contribution in [0.1, 0.15) is 67.4 Å². The number of carbonyl (C=O) groups excluding carboxylic acids is 6. The van der Waals surface area contributed by atoms with Crippen molar-refractivity contribution in [1.29, 1.82) is 5.41 Å². The van der Waals surface area contributed by atoms with E-state index in [0.29, 0.717) is 11.4 Å². The molecule has 0 radical (unpaired) electrons. The summed E-state index contributed by atoms with van der Waals surface area (Å²) in [4.78, 5) is 152. The first-order chi connectivity index (χ1) is 33.6. The van der Waals surface area contributed by atoms with Crippen LogP contribution in [0.5, 0.6) is 0 Å². The van der Waals surface area contributed by atoms with E-state index in [9.17, 15) is 73.2 Å². The number of hydrogen-bond acceptors (Lipinski definition) is 17. The summed E-state index contributed by atoms with van der Waals surface area (Å²) in [5.74, 6) is -11.6. The lowest BCUT2D eigenvalue weighted by Gasteiger charge is -2.26. The summed E-state index contributed by atoms with van der Waals surface area (Å²) in [7, 11) is 0. The van der Waals surface area contributed by atoms with Gasteiger partial charge in [-0.1, -0.05) is 0 Å². The molecule has 0 saturated heterocycles. The fourth-order valence-corrected chi connectivity index (χ4v) is 6.16. The second kappa shape index (κ2) is 27.4. The number of carboxylic acid groups (broad SMARTS) is 4. The van der Waals surface area contributed by atoms with E-state index in [1.165, 1.54) is 18.3 Å². The number of rotatable bonds is 29. The van der Waals surface area contributed by atoms with Crippen LogP contribution in [0.25, 0.3) is 11.2 Å². The van der Waals surface area contributed by atoms with Crippen LogP contribution in [0.4, 0.5) is 11.6 Å². The first-order valence-electron chi connectivity index (χ1n) is 21.1. The molecule has 0 bridgehead atoms. The Balaban J connectivity index is 1.63. The number of aromatic nitrogens is 4. The average Bonchev–Trinajstić information content (AvgIpc) is 3.29. The molecule has 380 valence electrons. The summed E-state index contributed by atoms with van der Waals surface area (Å²) < 4.78 is 0. The maximum Gasteiger partial charge on any atom is 0.327 e. The number of carbonyl (C=O) groups is 10. The Morgan fingerprint density at radius 2 is 1.24 bits per heavy atom. The molecule has 3 rings (SSSR count). The summed E-state index contributed by atoms with van der Waals surface area (Å²) in [6, 6.07) is -3.05. The van der Waals surface area contributed by atoms with Crippen LogP contribution in [-0.4, -0.2) is 149 Å². The molecule has 30 nitrogen and oxygen atoms in total. The number of benzene rings is 1. The van der Waals surface area contributed by atoms with Gasteiger partial charge in [0.15, 0.2) is 17.1 Å².